The maximum Gasteiger partial charge on any atom is 0.274 e. The lowest BCUT2D eigenvalue weighted by molar-refractivity contribution is 0.192. The largest absolute Gasteiger partial charge is 0.380 e. The molecule has 3 N–H and O–H groups in total. The zero-order valence-electron chi connectivity index (χ0n) is 5.41. The van der Waals surface area contributed by atoms with Gasteiger partial charge < -0.3 is 4.74 Å². The molecule has 0 saturated carbocycles. The first-order chi connectivity index (χ1) is 4.58. The number of ether oxygens (including phenoxy) is 1. The Morgan fingerprint density at radius 3 is 2.70 bits per heavy atom. The van der Waals surface area contributed by atoms with Gasteiger partial charge in [-0.25, -0.2) is 5.14 Å². The second kappa shape index (κ2) is 2.83. The average molecular weight is 166 g/mol. The van der Waals surface area contributed by atoms with Crippen molar-refractivity contribution in [2.45, 2.75) is 12.5 Å². The molecule has 0 bridgehead atoms. The van der Waals surface area contributed by atoms with Crippen LogP contribution < -0.4 is 9.86 Å². The van der Waals surface area contributed by atoms with Crippen LogP contribution in [-0.2, 0) is 14.9 Å². The molecule has 0 aliphatic carbocycles. The molecule has 1 saturated heterocycles. The van der Waals surface area contributed by atoms with Crippen molar-refractivity contribution in [1.82, 2.24) is 4.72 Å². The third-order valence-electron chi connectivity index (χ3n) is 1.26. The molecule has 0 aromatic carbocycles. The molecule has 0 spiro atoms. The third kappa shape index (κ3) is 2.61. The highest BCUT2D eigenvalue weighted by Gasteiger charge is 2.18. The maximum atomic E-state index is 10.4. The van der Waals surface area contributed by atoms with E-state index < -0.39 is 10.2 Å². The van der Waals surface area contributed by atoms with Crippen molar-refractivity contribution in [1.29, 1.82) is 0 Å². The normalized spacial score (nSPS) is 27.1. The summed E-state index contributed by atoms with van der Waals surface area (Å²) in [5, 5.41) is 4.72. The van der Waals surface area contributed by atoms with E-state index >= 15 is 0 Å². The summed E-state index contributed by atoms with van der Waals surface area (Å²) < 4.78 is 28.0. The minimum atomic E-state index is -3.54. The molecule has 1 unspecified atom stereocenters. The van der Waals surface area contributed by atoms with Gasteiger partial charge >= 0.3 is 0 Å². The van der Waals surface area contributed by atoms with Crippen LogP contribution in [-0.4, -0.2) is 27.7 Å². The molecule has 6 heteroatoms. The van der Waals surface area contributed by atoms with Crippen LogP contribution in [0.5, 0.6) is 0 Å². The summed E-state index contributed by atoms with van der Waals surface area (Å²) in [5.74, 6) is 0. The van der Waals surface area contributed by atoms with Gasteiger partial charge in [0.05, 0.1) is 6.61 Å². The average Bonchev–Trinajstić information content (AvgIpc) is 2.12. The van der Waals surface area contributed by atoms with Crippen LogP contribution in [0.1, 0.15) is 6.42 Å². The van der Waals surface area contributed by atoms with Crippen molar-refractivity contribution in [2.75, 3.05) is 13.2 Å². The van der Waals surface area contributed by atoms with Gasteiger partial charge in [0.25, 0.3) is 10.2 Å². The Morgan fingerprint density at radius 2 is 2.30 bits per heavy atom. The van der Waals surface area contributed by atoms with E-state index in [1.165, 1.54) is 0 Å². The molecule has 0 aromatic rings. The van der Waals surface area contributed by atoms with Crippen LogP contribution in [0.15, 0.2) is 0 Å². The lowest BCUT2D eigenvalue weighted by atomic mass is 10.3. The van der Waals surface area contributed by atoms with Gasteiger partial charge in [-0.15, -0.1) is 0 Å². The van der Waals surface area contributed by atoms with Gasteiger partial charge in [0.1, 0.15) is 0 Å². The van der Waals surface area contributed by atoms with E-state index in [-0.39, 0.29) is 6.04 Å². The zero-order valence-corrected chi connectivity index (χ0v) is 6.23. The number of nitrogens with two attached hydrogens (primary N) is 1. The molecular weight excluding hydrogens is 156 g/mol. The molecule has 0 amide bonds. The monoisotopic (exact) mass is 166 g/mol. The third-order valence-corrected chi connectivity index (χ3v) is 1.92. The Kier molecular flexibility index (Phi) is 2.24. The van der Waals surface area contributed by atoms with Crippen molar-refractivity contribution in [3.05, 3.63) is 0 Å². The molecule has 60 valence electrons. The Hall–Kier alpha value is -0.170. The number of hydrogen-bond acceptors (Lipinski definition) is 3. The molecular formula is C4H10N2O3S. The van der Waals surface area contributed by atoms with Gasteiger partial charge in [0, 0.05) is 12.6 Å². The van der Waals surface area contributed by atoms with Crippen molar-refractivity contribution in [3.63, 3.8) is 0 Å². The van der Waals surface area contributed by atoms with Crippen molar-refractivity contribution >= 4 is 10.2 Å². The molecule has 10 heavy (non-hydrogen) atoms. The summed E-state index contributed by atoms with van der Waals surface area (Å²) in [4.78, 5) is 0. The van der Waals surface area contributed by atoms with Crippen LogP contribution in [0.3, 0.4) is 0 Å². The van der Waals surface area contributed by atoms with Gasteiger partial charge in [-0.05, 0) is 6.42 Å². The van der Waals surface area contributed by atoms with Crippen LogP contribution in [0, 0.1) is 0 Å². The van der Waals surface area contributed by atoms with Crippen molar-refractivity contribution in [2.24, 2.45) is 5.14 Å². The Balaban J connectivity index is 2.38. The Morgan fingerprint density at radius 1 is 1.60 bits per heavy atom. The first kappa shape index (κ1) is 7.93. The first-order valence-electron chi connectivity index (χ1n) is 2.96. The van der Waals surface area contributed by atoms with E-state index in [1.54, 1.807) is 0 Å². The number of nitrogens with one attached hydrogen (secondary N) is 1. The molecule has 1 aliphatic rings. The summed E-state index contributed by atoms with van der Waals surface area (Å²) >= 11 is 0. The first-order valence-corrected chi connectivity index (χ1v) is 4.50. The van der Waals surface area contributed by atoms with Crippen LogP contribution in [0.2, 0.25) is 0 Å². The van der Waals surface area contributed by atoms with Gasteiger partial charge in [-0.1, -0.05) is 0 Å². The summed E-state index contributed by atoms with van der Waals surface area (Å²) in [6.45, 7) is 1.03. The molecule has 1 fully saturated rings. The second-order valence-electron chi connectivity index (χ2n) is 2.22. The van der Waals surface area contributed by atoms with Gasteiger partial charge in [-0.2, -0.15) is 13.1 Å². The molecule has 1 aliphatic heterocycles. The highest BCUT2D eigenvalue weighted by molar-refractivity contribution is 7.87. The van der Waals surface area contributed by atoms with E-state index in [1.807, 2.05) is 0 Å². The Labute approximate surface area is 59.7 Å². The van der Waals surface area contributed by atoms with Crippen LogP contribution in [0.25, 0.3) is 0 Å². The molecule has 1 atom stereocenters. The fourth-order valence-electron chi connectivity index (χ4n) is 0.860. The number of rotatable bonds is 2. The predicted octanol–water partition coefficient (Wildman–Crippen LogP) is -1.43. The van der Waals surface area contributed by atoms with Gasteiger partial charge in [0.15, 0.2) is 0 Å². The highest BCUT2D eigenvalue weighted by atomic mass is 32.2. The number of hydrogen-bond donors (Lipinski definition) is 2. The fraction of sp³-hybridized carbons (Fsp3) is 1.00. The standard InChI is InChI=1S/C4H10N2O3S/c5-10(7,8)6-4-1-2-9-3-4/h4,6H,1-3H2,(H2,5,7,8). The lowest BCUT2D eigenvalue weighted by Crippen LogP contribution is -2.39. The minimum absolute atomic E-state index is 0.130. The van der Waals surface area contributed by atoms with Crippen molar-refractivity contribution in [3.8, 4) is 0 Å². The van der Waals surface area contributed by atoms with E-state index in [4.69, 9.17) is 9.88 Å². The minimum Gasteiger partial charge on any atom is -0.380 e. The zero-order chi connectivity index (χ0) is 7.61. The van der Waals surface area contributed by atoms with E-state index in [0.29, 0.717) is 19.6 Å². The fourth-order valence-corrected chi connectivity index (χ4v) is 1.51. The molecule has 0 aromatic heterocycles. The SMILES string of the molecule is NS(=O)(=O)NC1CCOC1. The maximum absolute atomic E-state index is 10.4. The molecule has 0 radical (unpaired) electrons. The van der Waals surface area contributed by atoms with Gasteiger partial charge in [0.2, 0.25) is 0 Å². The Bertz CT molecular complexity index is 195. The summed E-state index contributed by atoms with van der Waals surface area (Å²) in [5.41, 5.74) is 0. The highest BCUT2D eigenvalue weighted by Crippen LogP contribution is 2.02. The van der Waals surface area contributed by atoms with E-state index in [9.17, 15) is 8.42 Å². The summed E-state index contributed by atoms with van der Waals surface area (Å²) in [6, 6.07) is -0.130. The smallest absolute Gasteiger partial charge is 0.274 e. The lowest BCUT2D eigenvalue weighted by Gasteiger charge is -2.05. The van der Waals surface area contributed by atoms with Gasteiger partial charge in [-0.3, -0.25) is 0 Å². The molecule has 1 rings (SSSR count). The quantitative estimate of drug-likeness (QED) is 0.527. The topological polar surface area (TPSA) is 81.4 Å². The molecule has 5 nitrogen and oxygen atoms in total. The molecule has 1 heterocycles. The van der Waals surface area contributed by atoms with E-state index in [0.717, 1.165) is 0 Å². The second-order valence-corrected chi connectivity index (χ2v) is 3.55. The summed E-state index contributed by atoms with van der Waals surface area (Å²) in [6.07, 6.45) is 0.705. The van der Waals surface area contributed by atoms with Crippen molar-refractivity contribution < 1.29 is 13.2 Å². The summed E-state index contributed by atoms with van der Waals surface area (Å²) in [7, 11) is -3.54. The van der Waals surface area contributed by atoms with Crippen LogP contribution in [0.4, 0.5) is 0 Å². The predicted molar refractivity (Wildman–Crippen MR) is 35.5 cm³/mol. The van der Waals surface area contributed by atoms with Crippen LogP contribution >= 0.6 is 0 Å². The van der Waals surface area contributed by atoms with E-state index in [2.05, 4.69) is 4.72 Å².